The Morgan fingerprint density at radius 2 is 1.81 bits per heavy atom. The molecule has 2 aromatic rings. The van der Waals surface area contributed by atoms with E-state index in [1.165, 1.54) is 11.1 Å². The SMILES string of the molecule is COc1ccnc(N2CCN(S(=O)(=O)c3ccc4c(c3)CCC4)CC2)n1. The van der Waals surface area contributed by atoms with Crippen molar-refractivity contribution in [1.82, 2.24) is 14.3 Å². The summed E-state index contributed by atoms with van der Waals surface area (Å²) in [7, 11) is -1.90. The van der Waals surface area contributed by atoms with Crippen LogP contribution in [-0.2, 0) is 22.9 Å². The van der Waals surface area contributed by atoms with Crippen molar-refractivity contribution in [3.8, 4) is 5.88 Å². The molecule has 0 amide bonds. The minimum atomic E-state index is -3.46. The summed E-state index contributed by atoms with van der Waals surface area (Å²) in [5.41, 5.74) is 2.46. The van der Waals surface area contributed by atoms with Crippen LogP contribution in [0.1, 0.15) is 17.5 Å². The molecule has 1 aliphatic heterocycles. The van der Waals surface area contributed by atoms with Crippen molar-refractivity contribution in [3.63, 3.8) is 0 Å². The highest BCUT2D eigenvalue weighted by Gasteiger charge is 2.30. The van der Waals surface area contributed by atoms with E-state index in [-0.39, 0.29) is 0 Å². The van der Waals surface area contributed by atoms with Crippen LogP contribution in [-0.4, -0.2) is 56.0 Å². The molecule has 138 valence electrons. The minimum Gasteiger partial charge on any atom is -0.481 e. The number of benzene rings is 1. The second kappa shape index (κ2) is 6.85. The first-order chi connectivity index (χ1) is 12.6. The van der Waals surface area contributed by atoms with Crippen LogP contribution in [0.4, 0.5) is 5.95 Å². The molecule has 4 rings (SSSR count). The number of hydrogen-bond acceptors (Lipinski definition) is 6. The number of piperazine rings is 1. The zero-order valence-electron chi connectivity index (χ0n) is 14.8. The lowest BCUT2D eigenvalue weighted by molar-refractivity contribution is 0.377. The van der Waals surface area contributed by atoms with E-state index >= 15 is 0 Å². The fourth-order valence-electron chi connectivity index (χ4n) is 3.58. The van der Waals surface area contributed by atoms with Gasteiger partial charge in [0.1, 0.15) is 0 Å². The lowest BCUT2D eigenvalue weighted by atomic mass is 10.1. The molecule has 7 nitrogen and oxygen atoms in total. The summed E-state index contributed by atoms with van der Waals surface area (Å²) >= 11 is 0. The fourth-order valence-corrected chi connectivity index (χ4v) is 5.06. The van der Waals surface area contributed by atoms with Crippen LogP contribution < -0.4 is 9.64 Å². The normalized spacial score (nSPS) is 18.0. The Morgan fingerprint density at radius 3 is 2.58 bits per heavy atom. The number of aromatic nitrogens is 2. The number of sulfonamides is 1. The number of methoxy groups -OCH3 is 1. The van der Waals surface area contributed by atoms with E-state index < -0.39 is 10.0 Å². The molecule has 1 saturated heterocycles. The van der Waals surface area contributed by atoms with Gasteiger partial charge in [-0.2, -0.15) is 9.29 Å². The molecular formula is C18H22N4O3S. The van der Waals surface area contributed by atoms with E-state index in [4.69, 9.17) is 4.74 Å². The van der Waals surface area contributed by atoms with Crippen LogP contribution in [0, 0.1) is 0 Å². The monoisotopic (exact) mass is 374 g/mol. The Kier molecular flexibility index (Phi) is 4.54. The lowest BCUT2D eigenvalue weighted by Gasteiger charge is -2.34. The van der Waals surface area contributed by atoms with Gasteiger partial charge in [0.2, 0.25) is 21.9 Å². The van der Waals surface area contributed by atoms with Crippen molar-refractivity contribution >= 4 is 16.0 Å². The molecule has 8 heteroatoms. The standard InChI is InChI=1S/C18H22N4O3S/c1-25-17-7-8-19-18(20-17)21-9-11-22(12-10-21)26(23,24)16-6-5-14-3-2-4-15(14)13-16/h5-8,13H,2-4,9-12H2,1H3. The molecule has 1 fully saturated rings. The number of fused-ring (bicyclic) bond motifs is 1. The number of nitrogens with zero attached hydrogens (tertiary/aromatic N) is 4. The number of hydrogen-bond donors (Lipinski definition) is 0. The van der Waals surface area contributed by atoms with Gasteiger partial charge in [-0.1, -0.05) is 6.07 Å². The Bertz CT molecular complexity index is 908. The summed E-state index contributed by atoms with van der Waals surface area (Å²) in [5.74, 6) is 1.07. The molecule has 2 heterocycles. The predicted octanol–water partition coefficient (Wildman–Crippen LogP) is 1.48. The van der Waals surface area contributed by atoms with Crippen LogP contribution in [0.3, 0.4) is 0 Å². The summed E-state index contributed by atoms with van der Waals surface area (Å²) in [5, 5.41) is 0. The molecule has 0 bridgehead atoms. The minimum absolute atomic E-state index is 0.407. The molecule has 1 aliphatic carbocycles. The third-order valence-electron chi connectivity index (χ3n) is 5.06. The van der Waals surface area contributed by atoms with Gasteiger partial charge in [-0.15, -0.1) is 0 Å². The molecule has 1 aromatic carbocycles. The van der Waals surface area contributed by atoms with Crippen molar-refractivity contribution in [2.24, 2.45) is 0 Å². The van der Waals surface area contributed by atoms with E-state index in [2.05, 4.69) is 9.97 Å². The van der Waals surface area contributed by atoms with Gasteiger partial charge in [-0.05, 0) is 42.5 Å². The number of ether oxygens (including phenoxy) is 1. The van der Waals surface area contributed by atoms with Crippen LogP contribution in [0.2, 0.25) is 0 Å². The maximum Gasteiger partial charge on any atom is 0.243 e. The topological polar surface area (TPSA) is 75.6 Å². The van der Waals surface area contributed by atoms with Gasteiger partial charge in [0, 0.05) is 38.4 Å². The van der Waals surface area contributed by atoms with Crippen molar-refractivity contribution in [1.29, 1.82) is 0 Å². The van der Waals surface area contributed by atoms with Crippen LogP contribution >= 0.6 is 0 Å². The summed E-state index contributed by atoms with van der Waals surface area (Å²) < 4.78 is 32.7. The molecule has 1 aromatic heterocycles. The van der Waals surface area contributed by atoms with E-state index in [0.717, 1.165) is 19.3 Å². The van der Waals surface area contributed by atoms with E-state index in [1.807, 2.05) is 17.0 Å². The highest BCUT2D eigenvalue weighted by molar-refractivity contribution is 7.89. The molecule has 0 spiro atoms. The molecule has 2 aliphatic rings. The Morgan fingerprint density at radius 1 is 1.04 bits per heavy atom. The highest BCUT2D eigenvalue weighted by Crippen LogP contribution is 2.27. The van der Waals surface area contributed by atoms with E-state index in [0.29, 0.717) is 42.9 Å². The quantitative estimate of drug-likeness (QED) is 0.807. The predicted molar refractivity (Wildman–Crippen MR) is 98.0 cm³/mol. The fraction of sp³-hybridized carbons (Fsp3) is 0.444. The summed E-state index contributed by atoms with van der Waals surface area (Å²) in [6.07, 6.45) is 4.78. The van der Waals surface area contributed by atoms with Crippen molar-refractivity contribution < 1.29 is 13.2 Å². The maximum atomic E-state index is 13.0. The van der Waals surface area contributed by atoms with Crippen LogP contribution in [0.5, 0.6) is 5.88 Å². The third-order valence-corrected chi connectivity index (χ3v) is 6.95. The van der Waals surface area contributed by atoms with Gasteiger partial charge in [0.05, 0.1) is 12.0 Å². The smallest absolute Gasteiger partial charge is 0.243 e. The van der Waals surface area contributed by atoms with Gasteiger partial charge >= 0.3 is 0 Å². The largest absolute Gasteiger partial charge is 0.481 e. The van der Waals surface area contributed by atoms with E-state index in [9.17, 15) is 8.42 Å². The average molecular weight is 374 g/mol. The first-order valence-electron chi connectivity index (χ1n) is 8.82. The van der Waals surface area contributed by atoms with Gasteiger partial charge in [0.15, 0.2) is 0 Å². The summed E-state index contributed by atoms with van der Waals surface area (Å²) in [4.78, 5) is 11.0. The zero-order chi connectivity index (χ0) is 18.1. The molecule has 26 heavy (non-hydrogen) atoms. The highest BCUT2D eigenvalue weighted by atomic mass is 32.2. The summed E-state index contributed by atoms with van der Waals surface area (Å²) in [6.45, 7) is 1.94. The zero-order valence-corrected chi connectivity index (χ0v) is 15.6. The molecule has 0 saturated carbocycles. The lowest BCUT2D eigenvalue weighted by Crippen LogP contribution is -2.49. The molecule has 0 unspecified atom stereocenters. The van der Waals surface area contributed by atoms with Gasteiger partial charge < -0.3 is 9.64 Å². The molecule has 0 atom stereocenters. The second-order valence-corrected chi connectivity index (χ2v) is 8.51. The molecular weight excluding hydrogens is 352 g/mol. The van der Waals surface area contributed by atoms with Crippen molar-refractivity contribution in [2.75, 3.05) is 38.2 Å². The van der Waals surface area contributed by atoms with Gasteiger partial charge in [-0.3, -0.25) is 0 Å². The van der Waals surface area contributed by atoms with Gasteiger partial charge in [0.25, 0.3) is 0 Å². The molecule has 0 N–H and O–H groups in total. The van der Waals surface area contributed by atoms with Crippen LogP contribution in [0.15, 0.2) is 35.4 Å². The second-order valence-electron chi connectivity index (χ2n) is 6.57. The van der Waals surface area contributed by atoms with E-state index in [1.54, 1.807) is 29.7 Å². The van der Waals surface area contributed by atoms with Crippen LogP contribution in [0.25, 0.3) is 0 Å². The summed E-state index contributed by atoms with van der Waals surface area (Å²) in [6, 6.07) is 7.26. The number of anilines is 1. The number of rotatable bonds is 4. The first kappa shape index (κ1) is 17.2. The Labute approximate surface area is 153 Å². The van der Waals surface area contributed by atoms with Crippen molar-refractivity contribution in [3.05, 3.63) is 41.6 Å². The third kappa shape index (κ3) is 3.14. The number of aryl methyl sites for hydroxylation is 2. The Balaban J connectivity index is 1.48. The first-order valence-corrected chi connectivity index (χ1v) is 10.3. The average Bonchev–Trinajstić information content (AvgIpc) is 3.16. The Hall–Kier alpha value is -2.19. The molecule has 0 radical (unpaired) electrons. The maximum absolute atomic E-state index is 13.0. The van der Waals surface area contributed by atoms with Gasteiger partial charge in [-0.25, -0.2) is 13.4 Å². The van der Waals surface area contributed by atoms with Crippen molar-refractivity contribution in [2.45, 2.75) is 24.2 Å².